The monoisotopic (exact) mass is 232 g/mol. The van der Waals surface area contributed by atoms with Crippen molar-refractivity contribution >= 4 is 5.78 Å². The maximum atomic E-state index is 11.6. The molecule has 1 aromatic heterocycles. The highest BCUT2D eigenvalue weighted by molar-refractivity contribution is 5.97. The molecule has 0 N–H and O–H groups in total. The molecule has 4 heteroatoms. The molecule has 2 aliphatic rings. The smallest absolute Gasteiger partial charge is 0.166 e. The van der Waals surface area contributed by atoms with Crippen LogP contribution in [-0.4, -0.2) is 28.5 Å². The van der Waals surface area contributed by atoms with E-state index in [-0.39, 0.29) is 11.9 Å². The van der Waals surface area contributed by atoms with Crippen molar-refractivity contribution in [1.29, 1.82) is 0 Å². The number of nitrogens with zero attached hydrogens (tertiary/aromatic N) is 2. The van der Waals surface area contributed by atoms with Crippen LogP contribution in [0.15, 0.2) is 6.20 Å². The van der Waals surface area contributed by atoms with Gasteiger partial charge in [-0.2, -0.15) is 0 Å². The van der Waals surface area contributed by atoms with Crippen molar-refractivity contribution in [2.24, 2.45) is 0 Å². The Morgan fingerprint density at radius 1 is 1.35 bits per heavy atom. The SMILES string of the molecule is O=C1CCCc2nc(CC3CCCO3)ncc21. The molecule has 1 atom stereocenters. The van der Waals surface area contributed by atoms with Crippen molar-refractivity contribution in [2.45, 2.75) is 44.6 Å². The van der Waals surface area contributed by atoms with Gasteiger partial charge in [-0.05, 0) is 25.7 Å². The van der Waals surface area contributed by atoms with Gasteiger partial charge in [0.1, 0.15) is 5.82 Å². The Hall–Kier alpha value is -1.29. The maximum Gasteiger partial charge on any atom is 0.166 e. The molecule has 0 radical (unpaired) electrons. The van der Waals surface area contributed by atoms with Crippen LogP contribution in [0.3, 0.4) is 0 Å². The van der Waals surface area contributed by atoms with E-state index in [1.807, 2.05) is 0 Å². The van der Waals surface area contributed by atoms with E-state index in [0.29, 0.717) is 6.42 Å². The molecule has 0 saturated carbocycles. The molecule has 4 nitrogen and oxygen atoms in total. The van der Waals surface area contributed by atoms with Crippen LogP contribution in [0.25, 0.3) is 0 Å². The predicted molar refractivity (Wildman–Crippen MR) is 62.0 cm³/mol. The van der Waals surface area contributed by atoms with Gasteiger partial charge in [0, 0.05) is 25.6 Å². The first-order valence-electron chi connectivity index (χ1n) is 6.32. The molecule has 2 heterocycles. The number of carbonyl (C=O) groups is 1. The molecule has 1 aliphatic carbocycles. The van der Waals surface area contributed by atoms with Gasteiger partial charge in [-0.25, -0.2) is 9.97 Å². The van der Waals surface area contributed by atoms with E-state index in [1.54, 1.807) is 6.20 Å². The van der Waals surface area contributed by atoms with Gasteiger partial charge < -0.3 is 4.74 Å². The summed E-state index contributed by atoms with van der Waals surface area (Å²) in [6.45, 7) is 0.855. The Labute approximate surface area is 100 Å². The maximum absolute atomic E-state index is 11.6. The average molecular weight is 232 g/mol. The Bertz CT molecular complexity index is 439. The fourth-order valence-corrected chi connectivity index (χ4v) is 2.54. The summed E-state index contributed by atoms with van der Waals surface area (Å²) in [6.07, 6.45) is 7.45. The lowest BCUT2D eigenvalue weighted by atomic mass is 9.96. The van der Waals surface area contributed by atoms with Crippen LogP contribution in [0, 0.1) is 0 Å². The molecular formula is C13H16N2O2. The van der Waals surface area contributed by atoms with Gasteiger partial charge in [-0.15, -0.1) is 0 Å². The van der Waals surface area contributed by atoms with Crippen molar-refractivity contribution in [3.63, 3.8) is 0 Å². The van der Waals surface area contributed by atoms with Gasteiger partial charge in [0.15, 0.2) is 5.78 Å². The number of hydrogen-bond acceptors (Lipinski definition) is 4. The molecule has 1 saturated heterocycles. The third-order valence-electron chi connectivity index (χ3n) is 3.47. The van der Waals surface area contributed by atoms with Crippen LogP contribution in [0.4, 0.5) is 0 Å². The molecule has 3 rings (SSSR count). The fraction of sp³-hybridized carbons (Fsp3) is 0.615. The van der Waals surface area contributed by atoms with Crippen molar-refractivity contribution in [3.05, 3.63) is 23.3 Å². The fourth-order valence-electron chi connectivity index (χ4n) is 2.54. The van der Waals surface area contributed by atoms with Crippen molar-refractivity contribution in [3.8, 4) is 0 Å². The highest BCUT2D eigenvalue weighted by Crippen LogP contribution is 2.20. The van der Waals surface area contributed by atoms with E-state index < -0.39 is 0 Å². The molecule has 90 valence electrons. The van der Waals surface area contributed by atoms with Crippen LogP contribution < -0.4 is 0 Å². The van der Waals surface area contributed by atoms with Crippen LogP contribution in [-0.2, 0) is 17.6 Å². The first kappa shape index (κ1) is 10.8. The summed E-state index contributed by atoms with van der Waals surface area (Å²) in [4.78, 5) is 20.4. The largest absolute Gasteiger partial charge is 0.378 e. The molecule has 1 aliphatic heterocycles. The molecule has 1 fully saturated rings. The second-order valence-corrected chi connectivity index (χ2v) is 4.76. The number of aryl methyl sites for hydroxylation is 1. The predicted octanol–water partition coefficient (Wildman–Crippen LogP) is 1.72. The zero-order valence-corrected chi connectivity index (χ0v) is 9.82. The molecular weight excluding hydrogens is 216 g/mol. The average Bonchev–Trinajstić information content (AvgIpc) is 2.82. The molecule has 1 aromatic rings. The van der Waals surface area contributed by atoms with Crippen LogP contribution >= 0.6 is 0 Å². The summed E-state index contributed by atoms with van der Waals surface area (Å²) in [6, 6.07) is 0. The molecule has 0 aromatic carbocycles. The second-order valence-electron chi connectivity index (χ2n) is 4.76. The number of rotatable bonds is 2. The highest BCUT2D eigenvalue weighted by Gasteiger charge is 2.21. The minimum absolute atomic E-state index is 0.190. The van der Waals surface area contributed by atoms with Gasteiger partial charge in [0.05, 0.1) is 17.4 Å². The zero-order chi connectivity index (χ0) is 11.7. The lowest BCUT2D eigenvalue weighted by Gasteiger charge is -2.15. The number of aromatic nitrogens is 2. The summed E-state index contributed by atoms with van der Waals surface area (Å²) in [7, 11) is 0. The lowest BCUT2D eigenvalue weighted by Crippen LogP contribution is -2.17. The Morgan fingerprint density at radius 2 is 2.29 bits per heavy atom. The van der Waals surface area contributed by atoms with Crippen molar-refractivity contribution in [1.82, 2.24) is 9.97 Å². The minimum atomic E-state index is 0.190. The Kier molecular flexibility index (Phi) is 2.89. The van der Waals surface area contributed by atoms with E-state index in [9.17, 15) is 4.79 Å². The van der Waals surface area contributed by atoms with Crippen LogP contribution in [0.1, 0.15) is 47.6 Å². The Morgan fingerprint density at radius 3 is 3.12 bits per heavy atom. The number of ketones is 1. The van der Waals surface area contributed by atoms with Gasteiger partial charge >= 0.3 is 0 Å². The molecule has 17 heavy (non-hydrogen) atoms. The molecule has 0 amide bonds. The number of Topliss-reactive ketones (excluding diaryl/α,β-unsaturated/α-hetero) is 1. The quantitative estimate of drug-likeness (QED) is 0.779. The Balaban J connectivity index is 1.80. The number of carbonyl (C=O) groups excluding carboxylic acids is 1. The summed E-state index contributed by atoms with van der Waals surface area (Å²) in [5, 5.41) is 0. The highest BCUT2D eigenvalue weighted by atomic mass is 16.5. The van der Waals surface area contributed by atoms with Gasteiger partial charge in [0.2, 0.25) is 0 Å². The van der Waals surface area contributed by atoms with E-state index in [4.69, 9.17) is 4.74 Å². The number of hydrogen-bond donors (Lipinski definition) is 0. The standard InChI is InChI=1S/C13H16N2O2/c16-12-5-1-4-11-10(12)8-14-13(15-11)7-9-3-2-6-17-9/h8-9H,1-7H2. The molecule has 0 spiro atoms. The topological polar surface area (TPSA) is 52.1 Å². The number of fused-ring (bicyclic) bond motifs is 1. The third kappa shape index (κ3) is 2.22. The molecule has 0 bridgehead atoms. The van der Waals surface area contributed by atoms with Gasteiger partial charge in [-0.3, -0.25) is 4.79 Å². The van der Waals surface area contributed by atoms with E-state index in [1.165, 1.54) is 0 Å². The second kappa shape index (κ2) is 4.53. The first-order chi connectivity index (χ1) is 8.33. The lowest BCUT2D eigenvalue weighted by molar-refractivity contribution is 0.0970. The summed E-state index contributed by atoms with van der Waals surface area (Å²) in [5.41, 5.74) is 1.66. The summed E-state index contributed by atoms with van der Waals surface area (Å²) >= 11 is 0. The van der Waals surface area contributed by atoms with Gasteiger partial charge in [-0.1, -0.05) is 0 Å². The first-order valence-corrected chi connectivity index (χ1v) is 6.32. The third-order valence-corrected chi connectivity index (χ3v) is 3.47. The van der Waals surface area contributed by atoms with Crippen molar-refractivity contribution < 1.29 is 9.53 Å². The van der Waals surface area contributed by atoms with E-state index in [2.05, 4.69) is 9.97 Å². The van der Waals surface area contributed by atoms with E-state index in [0.717, 1.165) is 55.8 Å². The zero-order valence-electron chi connectivity index (χ0n) is 9.82. The van der Waals surface area contributed by atoms with Crippen molar-refractivity contribution in [2.75, 3.05) is 6.61 Å². The van der Waals surface area contributed by atoms with Crippen LogP contribution in [0.5, 0.6) is 0 Å². The summed E-state index contributed by atoms with van der Waals surface area (Å²) < 4.78 is 5.58. The number of ether oxygens (including phenoxy) is 1. The summed E-state index contributed by atoms with van der Waals surface area (Å²) in [5.74, 6) is 1.01. The van der Waals surface area contributed by atoms with Gasteiger partial charge in [0.25, 0.3) is 0 Å². The molecule has 1 unspecified atom stereocenters. The van der Waals surface area contributed by atoms with Crippen LogP contribution in [0.2, 0.25) is 0 Å². The minimum Gasteiger partial charge on any atom is -0.378 e. The normalized spacial score (nSPS) is 23.8. The van der Waals surface area contributed by atoms with E-state index >= 15 is 0 Å².